The molecule has 3 fully saturated rings. The maximum Gasteiger partial charge on any atom is 0.314 e. The minimum atomic E-state index is -2.47. The second kappa shape index (κ2) is 12.7. The fraction of sp³-hybridized carbons (Fsp3) is 0.794. The maximum absolute atomic E-state index is 14.5. The van der Waals surface area contributed by atoms with Crippen LogP contribution in [-0.4, -0.2) is 77.6 Å². The Kier molecular flexibility index (Phi) is 10.4. The SMILES string of the molecule is CC1(C)O[C@H]2[C@@H](O1)[C@@H](O[Si](C)(C)C(C)(C)C)O[C@@H]2[C@@H](C(=O)OCc1ccccc1)[C@@H](O[Si](C)(C)C(C)(C)C)[C@H]1COC(C)(C)O1. The van der Waals surface area contributed by atoms with E-state index in [1.165, 1.54) is 0 Å². The van der Waals surface area contributed by atoms with E-state index in [1.807, 2.05) is 58.0 Å². The van der Waals surface area contributed by atoms with E-state index in [-0.39, 0.29) is 23.3 Å². The van der Waals surface area contributed by atoms with Gasteiger partial charge in [-0.25, -0.2) is 0 Å². The molecular formula is C34H58O9Si2. The van der Waals surface area contributed by atoms with Gasteiger partial charge in [-0.15, -0.1) is 0 Å². The van der Waals surface area contributed by atoms with Gasteiger partial charge in [0.25, 0.3) is 0 Å². The molecule has 0 bridgehead atoms. The summed E-state index contributed by atoms with van der Waals surface area (Å²) in [5.74, 6) is -3.08. The van der Waals surface area contributed by atoms with Crippen LogP contribution in [0.5, 0.6) is 0 Å². The summed E-state index contributed by atoms with van der Waals surface area (Å²) < 4.78 is 52.3. The molecule has 7 atom stereocenters. The summed E-state index contributed by atoms with van der Waals surface area (Å²) in [5.41, 5.74) is 0.888. The van der Waals surface area contributed by atoms with Gasteiger partial charge in [0.1, 0.15) is 36.9 Å². The molecule has 3 aliphatic rings. The third-order valence-corrected chi connectivity index (χ3v) is 19.0. The number of esters is 1. The van der Waals surface area contributed by atoms with E-state index in [0.717, 1.165) is 5.56 Å². The summed E-state index contributed by atoms with van der Waals surface area (Å²) in [6.45, 7) is 29.7. The van der Waals surface area contributed by atoms with Crippen molar-refractivity contribution in [2.45, 2.75) is 160 Å². The normalized spacial score (nSPS) is 29.8. The first-order chi connectivity index (χ1) is 20.4. The van der Waals surface area contributed by atoms with Crippen molar-refractivity contribution in [3.05, 3.63) is 35.9 Å². The molecule has 11 heteroatoms. The van der Waals surface area contributed by atoms with Crippen LogP contribution in [0, 0.1) is 5.92 Å². The van der Waals surface area contributed by atoms with Crippen molar-refractivity contribution in [3.8, 4) is 0 Å². The standard InChI is InChI=1S/C34H58O9Si2/c1-31(2,3)44(11,12)42-25(23-21-37-33(7,8)39-23)24(29(35)36-20-22-18-16-15-17-19-22)26-27-28(41-34(9,10)40-27)30(38-26)43-45(13,14)32(4,5)6/h15-19,23-28,30H,20-21H2,1-14H3/t23-,24+,25+,26-,27-,28-,30-/m1/s1. The smallest absolute Gasteiger partial charge is 0.314 e. The van der Waals surface area contributed by atoms with Crippen molar-refractivity contribution in [1.82, 2.24) is 0 Å². The summed E-state index contributed by atoms with van der Waals surface area (Å²) in [5, 5.41) is -0.206. The van der Waals surface area contributed by atoms with Crippen LogP contribution in [0.25, 0.3) is 0 Å². The Morgan fingerprint density at radius 3 is 1.98 bits per heavy atom. The van der Waals surface area contributed by atoms with E-state index in [4.69, 9.17) is 37.3 Å². The second-order valence-corrected chi connectivity index (χ2v) is 26.3. The molecule has 0 radical (unpaired) electrons. The molecule has 0 N–H and O–H groups in total. The number of hydrogen-bond acceptors (Lipinski definition) is 9. The van der Waals surface area contributed by atoms with Gasteiger partial charge in [0, 0.05) is 0 Å². The molecular weight excluding hydrogens is 609 g/mol. The van der Waals surface area contributed by atoms with Crippen molar-refractivity contribution in [2.24, 2.45) is 5.92 Å². The number of fused-ring (bicyclic) bond motifs is 1. The zero-order valence-electron chi connectivity index (χ0n) is 30.0. The highest BCUT2D eigenvalue weighted by Crippen LogP contribution is 2.48. The van der Waals surface area contributed by atoms with Gasteiger partial charge in [0.05, 0.1) is 12.7 Å². The Labute approximate surface area is 273 Å². The molecule has 256 valence electrons. The lowest BCUT2D eigenvalue weighted by Crippen LogP contribution is -2.56. The average Bonchev–Trinajstić information content (AvgIpc) is 3.51. The quantitative estimate of drug-likeness (QED) is 0.191. The van der Waals surface area contributed by atoms with E-state index in [2.05, 4.69) is 67.7 Å². The Hall–Kier alpha value is -1.16. The number of benzene rings is 1. The Bertz CT molecular complexity index is 1170. The van der Waals surface area contributed by atoms with Crippen LogP contribution < -0.4 is 0 Å². The Balaban J connectivity index is 1.78. The molecule has 1 aromatic rings. The van der Waals surface area contributed by atoms with Crippen LogP contribution in [0.15, 0.2) is 30.3 Å². The van der Waals surface area contributed by atoms with Crippen LogP contribution in [0.4, 0.5) is 0 Å². The Morgan fingerprint density at radius 2 is 1.44 bits per heavy atom. The lowest BCUT2D eigenvalue weighted by Gasteiger charge is -2.44. The van der Waals surface area contributed by atoms with E-state index < -0.39 is 76.9 Å². The van der Waals surface area contributed by atoms with Crippen LogP contribution in [0.3, 0.4) is 0 Å². The number of carbonyl (C=O) groups excluding carboxylic acids is 1. The molecule has 0 aliphatic carbocycles. The number of rotatable bonds is 10. The number of carbonyl (C=O) groups is 1. The molecule has 3 heterocycles. The predicted octanol–water partition coefficient (Wildman–Crippen LogP) is 7.15. The minimum absolute atomic E-state index is 0.0679. The molecule has 0 amide bonds. The second-order valence-electron chi connectivity index (χ2n) is 16.7. The fourth-order valence-corrected chi connectivity index (χ4v) is 7.95. The fourth-order valence-electron chi connectivity index (χ4n) is 5.50. The largest absolute Gasteiger partial charge is 0.460 e. The zero-order valence-corrected chi connectivity index (χ0v) is 32.0. The van der Waals surface area contributed by atoms with Gasteiger partial charge < -0.3 is 37.3 Å². The van der Waals surface area contributed by atoms with Crippen molar-refractivity contribution >= 4 is 22.6 Å². The van der Waals surface area contributed by atoms with Crippen LogP contribution in [0.1, 0.15) is 74.8 Å². The number of ether oxygens (including phenoxy) is 6. The lowest BCUT2D eigenvalue weighted by molar-refractivity contribution is -0.231. The summed E-state index contributed by atoms with van der Waals surface area (Å²) >= 11 is 0. The van der Waals surface area contributed by atoms with E-state index in [9.17, 15) is 4.79 Å². The highest BCUT2D eigenvalue weighted by Gasteiger charge is 2.63. The van der Waals surface area contributed by atoms with Crippen LogP contribution in [-0.2, 0) is 48.7 Å². The van der Waals surface area contributed by atoms with Crippen molar-refractivity contribution in [2.75, 3.05) is 6.61 Å². The van der Waals surface area contributed by atoms with Crippen molar-refractivity contribution < 1.29 is 42.1 Å². The van der Waals surface area contributed by atoms with E-state index >= 15 is 0 Å². The zero-order chi connectivity index (χ0) is 33.8. The van der Waals surface area contributed by atoms with Gasteiger partial charge in [0.15, 0.2) is 34.5 Å². The van der Waals surface area contributed by atoms with Crippen LogP contribution >= 0.6 is 0 Å². The molecule has 0 aromatic heterocycles. The molecule has 0 spiro atoms. The van der Waals surface area contributed by atoms with Gasteiger partial charge in [-0.3, -0.25) is 4.79 Å². The molecule has 9 nitrogen and oxygen atoms in total. The van der Waals surface area contributed by atoms with Crippen LogP contribution in [0.2, 0.25) is 36.3 Å². The third-order valence-electron chi connectivity index (χ3n) is 10.1. The summed E-state index contributed by atoms with van der Waals surface area (Å²) in [6.07, 6.45) is -3.91. The van der Waals surface area contributed by atoms with Gasteiger partial charge in [-0.05, 0) is 69.5 Å². The van der Waals surface area contributed by atoms with Gasteiger partial charge in [-0.2, -0.15) is 0 Å². The molecule has 4 rings (SSSR count). The lowest BCUT2D eigenvalue weighted by atomic mass is 9.88. The molecule has 3 aliphatic heterocycles. The summed E-state index contributed by atoms with van der Waals surface area (Å²) in [7, 11) is -4.77. The molecule has 1 aromatic carbocycles. The highest BCUT2D eigenvalue weighted by atomic mass is 28.4. The maximum atomic E-state index is 14.5. The van der Waals surface area contributed by atoms with Gasteiger partial charge >= 0.3 is 5.97 Å². The van der Waals surface area contributed by atoms with E-state index in [1.54, 1.807) is 0 Å². The Morgan fingerprint density at radius 1 is 0.867 bits per heavy atom. The predicted molar refractivity (Wildman–Crippen MR) is 177 cm³/mol. The first-order valence-corrected chi connectivity index (χ1v) is 22.1. The topological polar surface area (TPSA) is 90.9 Å². The van der Waals surface area contributed by atoms with Gasteiger partial charge in [0.2, 0.25) is 0 Å². The molecule has 0 unspecified atom stereocenters. The highest BCUT2D eigenvalue weighted by molar-refractivity contribution is 6.74. The number of hydrogen-bond donors (Lipinski definition) is 0. The first-order valence-electron chi connectivity index (χ1n) is 16.3. The molecule has 3 saturated heterocycles. The first kappa shape index (κ1) is 36.7. The molecule has 0 saturated carbocycles. The monoisotopic (exact) mass is 666 g/mol. The molecule has 45 heavy (non-hydrogen) atoms. The van der Waals surface area contributed by atoms with Crippen molar-refractivity contribution in [1.29, 1.82) is 0 Å². The van der Waals surface area contributed by atoms with E-state index in [0.29, 0.717) is 0 Å². The van der Waals surface area contributed by atoms with Gasteiger partial charge in [-0.1, -0.05) is 71.9 Å². The minimum Gasteiger partial charge on any atom is -0.460 e. The van der Waals surface area contributed by atoms with Crippen molar-refractivity contribution in [3.63, 3.8) is 0 Å². The third kappa shape index (κ3) is 8.29. The summed E-state index contributed by atoms with van der Waals surface area (Å²) in [6, 6.07) is 9.66. The average molecular weight is 667 g/mol. The summed E-state index contributed by atoms with van der Waals surface area (Å²) in [4.78, 5) is 14.5.